The van der Waals surface area contributed by atoms with E-state index in [1.807, 2.05) is 49.4 Å². The molecule has 466 valence electrons. The van der Waals surface area contributed by atoms with Gasteiger partial charge in [-0.25, -0.2) is 9.59 Å². The van der Waals surface area contributed by atoms with Crippen molar-refractivity contribution in [3.8, 4) is 0 Å². The van der Waals surface area contributed by atoms with Crippen LogP contribution in [0.1, 0.15) is 124 Å². The minimum atomic E-state index is -1.87. The molecule has 2 aromatic rings. The van der Waals surface area contributed by atoms with Gasteiger partial charge in [0.25, 0.3) is 0 Å². The molecule has 1 amide bonds. The summed E-state index contributed by atoms with van der Waals surface area (Å²) in [4.78, 5) is 56.6. The number of benzene rings is 1. The fraction of sp³-hybridized carbons (Fsp3) is 0.793. The first-order valence-corrected chi connectivity index (χ1v) is 29.3. The highest BCUT2D eigenvalue weighted by molar-refractivity contribution is 6.34. The summed E-state index contributed by atoms with van der Waals surface area (Å²) >= 11 is 6.58. The summed E-state index contributed by atoms with van der Waals surface area (Å²) in [5.41, 5.74) is -4.53. The van der Waals surface area contributed by atoms with E-state index in [1.54, 1.807) is 60.6 Å². The fourth-order valence-electron chi connectivity index (χ4n) is 12.2. The van der Waals surface area contributed by atoms with E-state index in [9.17, 15) is 44.7 Å². The molecular formula is C58H94ClN5O18. The number of amides is 1. The Morgan fingerprint density at radius 1 is 0.915 bits per heavy atom. The number of carbonyl (C=O) groups excluding carboxylic acids is 2. The Morgan fingerprint density at radius 2 is 1.57 bits per heavy atom. The molecule has 18 atom stereocenters. The van der Waals surface area contributed by atoms with E-state index in [0.717, 1.165) is 12.8 Å². The van der Waals surface area contributed by atoms with Gasteiger partial charge in [-0.15, -0.1) is 0 Å². The van der Waals surface area contributed by atoms with E-state index in [0.29, 0.717) is 35.7 Å². The van der Waals surface area contributed by atoms with Crippen molar-refractivity contribution in [2.24, 2.45) is 17.8 Å². The van der Waals surface area contributed by atoms with Gasteiger partial charge in [-0.05, 0) is 120 Å². The first kappa shape index (κ1) is 67.3. The third-order valence-electron chi connectivity index (χ3n) is 17.1. The third-order valence-corrected chi connectivity index (χ3v) is 17.5. The number of likely N-dealkylation sites (N-methyl/N-ethyl adjacent to an activating group) is 2. The Labute approximate surface area is 487 Å². The molecule has 1 saturated carbocycles. The molecule has 7 N–H and O–H groups in total. The summed E-state index contributed by atoms with van der Waals surface area (Å²) in [5, 5.41) is 64.3. The van der Waals surface area contributed by atoms with Crippen molar-refractivity contribution in [2.45, 2.75) is 204 Å². The molecule has 0 spiro atoms. The van der Waals surface area contributed by atoms with Crippen molar-refractivity contribution in [1.29, 1.82) is 0 Å². The molecular weight excluding hydrogens is 1090 g/mol. The number of hydrogen-bond donors (Lipinski definition) is 7. The topological polar surface area (TPSA) is 288 Å². The van der Waals surface area contributed by atoms with Crippen molar-refractivity contribution in [1.82, 2.24) is 19.7 Å². The van der Waals surface area contributed by atoms with Crippen LogP contribution in [0.3, 0.4) is 0 Å². The molecule has 6 rings (SSSR count). The number of halogens is 1. The molecule has 0 bridgehead atoms. The smallest absolute Gasteiger partial charge is 0.407 e. The maximum absolute atomic E-state index is 14.6. The highest BCUT2D eigenvalue weighted by Crippen LogP contribution is 2.42. The lowest BCUT2D eigenvalue weighted by molar-refractivity contribution is -0.317. The second kappa shape index (κ2) is 28.6. The zero-order valence-corrected chi connectivity index (χ0v) is 51.2. The van der Waals surface area contributed by atoms with Crippen LogP contribution in [0.2, 0.25) is 5.02 Å². The molecule has 82 heavy (non-hydrogen) atoms. The number of aromatic carboxylic acids is 1. The summed E-state index contributed by atoms with van der Waals surface area (Å²) in [6.45, 7) is 19.1. The van der Waals surface area contributed by atoms with E-state index in [2.05, 4.69) is 10.6 Å². The van der Waals surface area contributed by atoms with Gasteiger partial charge in [0.15, 0.2) is 18.7 Å². The zero-order valence-electron chi connectivity index (χ0n) is 50.4. The van der Waals surface area contributed by atoms with Crippen LogP contribution in [-0.2, 0) is 47.4 Å². The monoisotopic (exact) mass is 1180 g/mol. The van der Waals surface area contributed by atoms with E-state index in [4.69, 9.17) is 54.2 Å². The standard InChI is InChI=1S/C58H94ClN5O18/c1-15-44-58(10,73)49(67)35(6)63(13)29-31(2)27-56(8,72)50(81-54-47(66)43(62(11)12)24-32(3)77-54)33(4)48(34(5)53(70)79-44)80-45-28-57(9,74-14)51(36(7)78-45)82-55(71)61-19-21-76-23-22-75-20-18-60-41-25-38-42(26-40(41)59)64(37-16-17-37)30-39(46(38)65)52(68)69/h25-26,30-37,43-45,47-51,54,60,66-67,72-73H,15-24,27-29H2,1-14H3,(H,61,71)(H,68,69)/t31-,32-,33+,34-,35-,36+,43+,44-,45+,47-,48+,49-,50-,51+,54+,56-,57-,58-/m1/s1. The molecule has 0 radical (unpaired) electrons. The number of fused-ring (bicyclic) bond motifs is 1. The van der Waals surface area contributed by atoms with Crippen LogP contribution >= 0.6 is 11.6 Å². The number of carbonyl (C=O) groups is 3. The van der Waals surface area contributed by atoms with Crippen molar-refractivity contribution >= 4 is 46.2 Å². The Hall–Kier alpha value is -3.79. The van der Waals surface area contributed by atoms with Gasteiger partial charge in [-0.2, -0.15) is 0 Å². The van der Waals surface area contributed by atoms with Gasteiger partial charge in [-0.3, -0.25) is 9.59 Å². The summed E-state index contributed by atoms with van der Waals surface area (Å²) < 4.78 is 57.8. The summed E-state index contributed by atoms with van der Waals surface area (Å²) in [6.07, 6.45) is -6.91. The quantitative estimate of drug-likeness (QED) is 0.0693. The molecule has 3 saturated heterocycles. The Morgan fingerprint density at radius 3 is 2.18 bits per heavy atom. The third kappa shape index (κ3) is 16.2. The van der Waals surface area contributed by atoms with Gasteiger partial charge in [0.1, 0.15) is 35.1 Å². The number of pyridine rings is 1. The number of methoxy groups -OCH3 is 1. The molecule has 23 nitrogen and oxygen atoms in total. The number of cyclic esters (lactones) is 1. The number of ether oxygens (including phenoxy) is 9. The number of alkyl carbamates (subject to hydrolysis) is 1. The molecule has 1 aromatic carbocycles. The normalized spacial score (nSPS) is 36.5. The number of esters is 1. The molecule has 0 unspecified atom stereocenters. The van der Waals surface area contributed by atoms with Crippen LogP contribution < -0.4 is 16.1 Å². The molecule has 24 heteroatoms. The van der Waals surface area contributed by atoms with E-state index >= 15 is 0 Å². The predicted molar refractivity (Wildman–Crippen MR) is 305 cm³/mol. The molecule has 4 fully saturated rings. The van der Waals surface area contributed by atoms with E-state index in [1.165, 1.54) is 20.2 Å². The molecule has 1 aromatic heterocycles. The second-order valence-corrected chi connectivity index (χ2v) is 24.7. The zero-order chi connectivity index (χ0) is 60.8. The van der Waals surface area contributed by atoms with Crippen LogP contribution in [0.4, 0.5) is 10.5 Å². The van der Waals surface area contributed by atoms with Crippen LogP contribution in [0.25, 0.3) is 10.9 Å². The fourth-order valence-corrected chi connectivity index (χ4v) is 12.4. The Kier molecular flexibility index (Phi) is 23.5. The highest BCUT2D eigenvalue weighted by Gasteiger charge is 2.54. The number of carboxylic acid groups (broad SMARTS) is 1. The maximum atomic E-state index is 14.6. The molecule has 1 aliphatic carbocycles. The minimum Gasteiger partial charge on any atom is -0.477 e. The number of anilines is 1. The average molecular weight is 1180 g/mol. The van der Waals surface area contributed by atoms with Gasteiger partial charge in [0.05, 0.1) is 78.6 Å². The predicted octanol–water partition coefficient (Wildman–Crippen LogP) is 4.78. The van der Waals surface area contributed by atoms with Crippen LogP contribution in [0, 0.1) is 17.8 Å². The molecule has 4 aliphatic rings. The van der Waals surface area contributed by atoms with Gasteiger partial charge in [-0.1, -0.05) is 32.4 Å². The number of hydrogen-bond acceptors (Lipinski definition) is 20. The second-order valence-electron chi connectivity index (χ2n) is 24.3. The first-order valence-electron chi connectivity index (χ1n) is 29.0. The van der Waals surface area contributed by atoms with Crippen LogP contribution in [0.5, 0.6) is 0 Å². The molecule has 3 aliphatic heterocycles. The SMILES string of the molecule is CC[C@H]1OC(=O)[C@H](C)[C@@H](O[C@H]2C[C@@](C)(OC)[C@@H](OC(=O)NCCOCCOCCNc3cc4c(=O)c(C(=O)O)cn(C5CC5)c4cc3Cl)[C@H](C)O2)[C@H](C)[C@@H](O[C@@H]2O[C@H](C)C[C@H](N(C)C)[C@H]2O)[C@](C)(O)C[C@@H](C)CN(C)[C@H](C)[C@@H](O)[C@]1(C)O. The number of aliphatic hydroxyl groups is 4. The number of rotatable bonds is 20. The lowest BCUT2D eigenvalue weighted by atomic mass is 9.77. The van der Waals surface area contributed by atoms with E-state index < -0.39 is 113 Å². The first-order chi connectivity index (χ1) is 38.5. The number of carboxylic acids is 1. The number of nitrogens with one attached hydrogen (secondary N) is 2. The van der Waals surface area contributed by atoms with E-state index in [-0.39, 0.29) is 87.3 Å². The highest BCUT2D eigenvalue weighted by atomic mass is 35.5. The number of aliphatic hydroxyl groups excluding tert-OH is 2. The van der Waals surface area contributed by atoms with Gasteiger partial charge < -0.3 is 93.2 Å². The van der Waals surface area contributed by atoms with Crippen molar-refractivity contribution in [3.05, 3.63) is 39.1 Å². The van der Waals surface area contributed by atoms with Gasteiger partial charge in [0, 0.05) is 68.8 Å². The Bertz CT molecular complexity index is 2520. The van der Waals surface area contributed by atoms with Crippen molar-refractivity contribution < 1.29 is 82.5 Å². The molecule has 4 heterocycles. The maximum Gasteiger partial charge on any atom is 0.407 e. The summed E-state index contributed by atoms with van der Waals surface area (Å²) in [7, 11) is 7.03. The Balaban J connectivity index is 1.08. The van der Waals surface area contributed by atoms with Crippen molar-refractivity contribution in [3.63, 3.8) is 0 Å². The van der Waals surface area contributed by atoms with Gasteiger partial charge >= 0.3 is 18.0 Å². The summed E-state index contributed by atoms with van der Waals surface area (Å²) in [6, 6.07) is 2.45. The lowest BCUT2D eigenvalue weighted by Crippen LogP contribution is -2.61. The largest absolute Gasteiger partial charge is 0.477 e. The van der Waals surface area contributed by atoms with Crippen LogP contribution in [-0.4, -0.2) is 223 Å². The van der Waals surface area contributed by atoms with Gasteiger partial charge in [0.2, 0.25) is 5.43 Å². The number of aromatic nitrogens is 1. The minimum absolute atomic E-state index is 0.00787. The number of nitrogens with zero attached hydrogens (tertiary/aromatic N) is 3. The lowest BCUT2D eigenvalue weighted by Gasteiger charge is -2.49. The summed E-state index contributed by atoms with van der Waals surface area (Å²) in [5.74, 6) is -4.21. The van der Waals surface area contributed by atoms with Crippen LogP contribution in [0.15, 0.2) is 23.1 Å². The van der Waals surface area contributed by atoms with Crippen molar-refractivity contribution in [2.75, 3.05) is 79.6 Å². The average Bonchev–Trinajstić information content (AvgIpc) is 2.78.